The van der Waals surface area contributed by atoms with E-state index in [1.807, 2.05) is 0 Å². The molecule has 66 valence electrons. The number of carbonyl (C=O) groups is 2. The summed E-state index contributed by atoms with van der Waals surface area (Å²) in [6, 6.07) is 0. The van der Waals surface area contributed by atoms with Crippen LogP contribution in [0.2, 0.25) is 0 Å². The molecule has 1 aliphatic carbocycles. The van der Waals surface area contributed by atoms with Crippen LogP contribution in [-0.4, -0.2) is 17.0 Å². The second kappa shape index (κ2) is 2.97. The summed E-state index contributed by atoms with van der Waals surface area (Å²) in [5, 5.41) is 8.69. The van der Waals surface area contributed by atoms with Gasteiger partial charge < -0.3 is 9.84 Å². The summed E-state index contributed by atoms with van der Waals surface area (Å²) in [5.41, 5.74) is -0.833. The van der Waals surface area contributed by atoms with Gasteiger partial charge in [-0.1, -0.05) is 6.58 Å². The van der Waals surface area contributed by atoms with Crippen molar-refractivity contribution in [2.75, 3.05) is 0 Å². The molecule has 4 heteroatoms. The van der Waals surface area contributed by atoms with Gasteiger partial charge in [-0.2, -0.15) is 0 Å². The predicted octanol–water partition coefficient (Wildman–Crippen LogP) is 0.928. The van der Waals surface area contributed by atoms with Crippen molar-refractivity contribution in [3.8, 4) is 0 Å². The monoisotopic (exact) mass is 170 g/mol. The first kappa shape index (κ1) is 8.77. The minimum absolute atomic E-state index is 0.0473. The van der Waals surface area contributed by atoms with Crippen molar-refractivity contribution in [3.63, 3.8) is 0 Å². The minimum Gasteiger partial charge on any atom is -0.481 e. The molecule has 1 fully saturated rings. The van der Waals surface area contributed by atoms with Crippen molar-refractivity contribution in [3.05, 3.63) is 12.8 Å². The van der Waals surface area contributed by atoms with Gasteiger partial charge in [0.15, 0.2) is 0 Å². The van der Waals surface area contributed by atoms with Crippen LogP contribution in [0.5, 0.6) is 0 Å². The van der Waals surface area contributed by atoms with Crippen molar-refractivity contribution in [2.24, 2.45) is 5.41 Å². The quantitative estimate of drug-likeness (QED) is 0.503. The second-order valence-electron chi connectivity index (χ2n) is 2.92. The van der Waals surface area contributed by atoms with Crippen molar-refractivity contribution in [1.82, 2.24) is 0 Å². The maximum absolute atomic E-state index is 10.8. The third kappa shape index (κ3) is 1.64. The Kier molecular flexibility index (Phi) is 2.17. The molecule has 0 bridgehead atoms. The molecular weight excluding hydrogens is 160 g/mol. The lowest BCUT2D eigenvalue weighted by Crippen LogP contribution is -2.19. The van der Waals surface area contributed by atoms with Crippen LogP contribution in [0.15, 0.2) is 12.8 Å². The number of aliphatic carboxylic acids is 1. The Morgan fingerprint density at radius 3 is 2.50 bits per heavy atom. The molecule has 0 amide bonds. The first-order chi connectivity index (χ1) is 5.60. The average molecular weight is 170 g/mol. The zero-order valence-electron chi connectivity index (χ0n) is 6.58. The highest BCUT2D eigenvalue weighted by molar-refractivity contribution is 5.84. The second-order valence-corrected chi connectivity index (χ2v) is 2.92. The maximum atomic E-state index is 10.8. The van der Waals surface area contributed by atoms with Crippen LogP contribution in [0.1, 0.15) is 19.3 Å². The van der Waals surface area contributed by atoms with E-state index in [2.05, 4.69) is 11.3 Å². The Morgan fingerprint density at radius 2 is 2.17 bits per heavy atom. The van der Waals surface area contributed by atoms with Gasteiger partial charge in [-0.3, -0.25) is 9.59 Å². The lowest BCUT2D eigenvalue weighted by molar-refractivity contribution is -0.150. The zero-order valence-corrected chi connectivity index (χ0v) is 6.58. The van der Waals surface area contributed by atoms with Crippen molar-refractivity contribution >= 4 is 11.9 Å². The number of hydrogen-bond acceptors (Lipinski definition) is 3. The van der Waals surface area contributed by atoms with Gasteiger partial charge in [0.05, 0.1) is 18.1 Å². The Morgan fingerprint density at radius 1 is 1.58 bits per heavy atom. The van der Waals surface area contributed by atoms with Gasteiger partial charge in [0.25, 0.3) is 0 Å². The van der Waals surface area contributed by atoms with Crippen molar-refractivity contribution in [1.29, 1.82) is 0 Å². The molecule has 0 unspecified atom stereocenters. The molecular formula is C8H10O4. The first-order valence-corrected chi connectivity index (χ1v) is 3.64. The van der Waals surface area contributed by atoms with Crippen LogP contribution >= 0.6 is 0 Å². The van der Waals surface area contributed by atoms with Crippen molar-refractivity contribution in [2.45, 2.75) is 19.3 Å². The van der Waals surface area contributed by atoms with E-state index in [-0.39, 0.29) is 6.42 Å². The van der Waals surface area contributed by atoms with E-state index in [9.17, 15) is 9.59 Å². The molecule has 4 nitrogen and oxygen atoms in total. The maximum Gasteiger partial charge on any atom is 0.311 e. The highest BCUT2D eigenvalue weighted by Crippen LogP contribution is 2.49. The van der Waals surface area contributed by atoms with Crippen LogP contribution in [0.4, 0.5) is 0 Å². The van der Waals surface area contributed by atoms with Crippen LogP contribution in [0, 0.1) is 5.41 Å². The fourth-order valence-corrected chi connectivity index (χ4v) is 1.03. The molecule has 0 atom stereocenters. The molecule has 0 spiro atoms. The SMILES string of the molecule is C=COC(=O)CC1(C(=O)O)CC1. The number of ether oxygens (including phenoxy) is 1. The van der Waals surface area contributed by atoms with Crippen LogP contribution in [0.3, 0.4) is 0 Å². The summed E-state index contributed by atoms with van der Waals surface area (Å²) in [4.78, 5) is 21.4. The number of esters is 1. The topological polar surface area (TPSA) is 63.6 Å². The standard InChI is InChI=1S/C8H10O4/c1-2-12-6(9)5-8(3-4-8)7(10)11/h2H,1,3-5H2,(H,10,11). The lowest BCUT2D eigenvalue weighted by atomic mass is 10.0. The summed E-state index contributed by atoms with van der Waals surface area (Å²) < 4.78 is 4.43. The summed E-state index contributed by atoms with van der Waals surface area (Å²) in [6.07, 6.45) is 2.10. The molecule has 0 aromatic carbocycles. The van der Waals surface area contributed by atoms with E-state index in [0.717, 1.165) is 6.26 Å². The Hall–Kier alpha value is -1.32. The largest absolute Gasteiger partial charge is 0.481 e. The van der Waals surface area contributed by atoms with Crippen LogP contribution in [0.25, 0.3) is 0 Å². The van der Waals surface area contributed by atoms with E-state index >= 15 is 0 Å². The van der Waals surface area contributed by atoms with Crippen molar-refractivity contribution < 1.29 is 19.4 Å². The number of hydrogen-bond donors (Lipinski definition) is 1. The smallest absolute Gasteiger partial charge is 0.311 e. The van der Waals surface area contributed by atoms with E-state index in [1.165, 1.54) is 0 Å². The number of rotatable bonds is 4. The zero-order chi connectivity index (χ0) is 9.19. The van der Waals surface area contributed by atoms with Gasteiger partial charge in [0, 0.05) is 0 Å². The molecule has 0 aliphatic heterocycles. The molecule has 1 saturated carbocycles. The van der Waals surface area contributed by atoms with E-state index in [0.29, 0.717) is 12.8 Å². The highest BCUT2D eigenvalue weighted by atomic mass is 16.5. The van der Waals surface area contributed by atoms with Crippen LogP contribution < -0.4 is 0 Å². The Balaban J connectivity index is 2.45. The molecule has 1 rings (SSSR count). The molecule has 0 heterocycles. The van der Waals surface area contributed by atoms with E-state index in [1.54, 1.807) is 0 Å². The van der Waals surface area contributed by atoms with Crippen LogP contribution in [-0.2, 0) is 14.3 Å². The average Bonchev–Trinajstić information content (AvgIpc) is 2.69. The molecule has 0 saturated heterocycles. The Labute approximate surface area is 69.8 Å². The summed E-state index contributed by atoms with van der Waals surface area (Å²) in [5.74, 6) is -1.44. The predicted molar refractivity (Wildman–Crippen MR) is 40.2 cm³/mol. The fraction of sp³-hybridized carbons (Fsp3) is 0.500. The number of carboxylic acid groups (broad SMARTS) is 1. The summed E-state index contributed by atoms with van der Waals surface area (Å²) in [7, 11) is 0. The van der Waals surface area contributed by atoms with Gasteiger partial charge in [-0.05, 0) is 12.8 Å². The molecule has 0 aromatic rings. The van der Waals surface area contributed by atoms with Gasteiger partial charge in [0.1, 0.15) is 0 Å². The van der Waals surface area contributed by atoms with E-state index < -0.39 is 17.4 Å². The van der Waals surface area contributed by atoms with E-state index in [4.69, 9.17) is 5.11 Å². The summed E-state index contributed by atoms with van der Waals surface area (Å²) in [6.45, 7) is 3.21. The van der Waals surface area contributed by atoms with Gasteiger partial charge in [-0.15, -0.1) is 0 Å². The Bertz CT molecular complexity index is 227. The first-order valence-electron chi connectivity index (χ1n) is 3.64. The fourth-order valence-electron chi connectivity index (χ4n) is 1.03. The van der Waals surface area contributed by atoms with Gasteiger partial charge in [-0.25, -0.2) is 0 Å². The van der Waals surface area contributed by atoms with Gasteiger partial charge >= 0.3 is 11.9 Å². The summed E-state index contributed by atoms with van der Waals surface area (Å²) >= 11 is 0. The van der Waals surface area contributed by atoms with Gasteiger partial charge in [0.2, 0.25) is 0 Å². The minimum atomic E-state index is -0.913. The molecule has 1 aliphatic rings. The number of carbonyl (C=O) groups excluding carboxylic acids is 1. The lowest BCUT2D eigenvalue weighted by Gasteiger charge is -2.06. The third-order valence-corrected chi connectivity index (χ3v) is 2.00. The third-order valence-electron chi connectivity index (χ3n) is 2.00. The normalized spacial score (nSPS) is 18.0. The molecule has 12 heavy (non-hydrogen) atoms. The molecule has 1 N–H and O–H groups in total. The highest BCUT2D eigenvalue weighted by Gasteiger charge is 2.51. The molecule has 0 radical (unpaired) electrons. The molecule has 0 aromatic heterocycles. The number of carboxylic acids is 1.